The molecule has 0 spiro atoms. The highest BCUT2D eigenvalue weighted by molar-refractivity contribution is 6.32. The van der Waals surface area contributed by atoms with Crippen LogP contribution in [0, 0.1) is 0 Å². The summed E-state index contributed by atoms with van der Waals surface area (Å²) in [6.07, 6.45) is 1.07. The summed E-state index contributed by atoms with van der Waals surface area (Å²) in [5.74, 6) is -0.148. The Hall–Kier alpha value is -1.26. The zero-order chi connectivity index (χ0) is 12.7. The van der Waals surface area contributed by atoms with E-state index in [2.05, 4.69) is 5.32 Å². The Morgan fingerprint density at radius 2 is 2.29 bits per heavy atom. The van der Waals surface area contributed by atoms with Crippen LogP contribution in [0.25, 0.3) is 0 Å². The summed E-state index contributed by atoms with van der Waals surface area (Å²) in [5, 5.41) is 12.3. The van der Waals surface area contributed by atoms with Gasteiger partial charge in [0, 0.05) is 31.4 Å². The highest BCUT2D eigenvalue weighted by Crippen LogP contribution is 2.26. The minimum absolute atomic E-state index is 0.0428. The lowest BCUT2D eigenvalue weighted by molar-refractivity contribution is -0.116. The van der Waals surface area contributed by atoms with Crippen LogP contribution in [0.15, 0.2) is 18.2 Å². The van der Waals surface area contributed by atoms with Crippen LogP contribution in [0.1, 0.15) is 19.8 Å². The number of phenols is 1. The summed E-state index contributed by atoms with van der Waals surface area (Å²) in [5.41, 5.74) is 0.535. The molecule has 94 valence electrons. The van der Waals surface area contributed by atoms with Gasteiger partial charge < -0.3 is 15.2 Å². The average molecular weight is 258 g/mol. The van der Waals surface area contributed by atoms with Crippen molar-refractivity contribution in [3.63, 3.8) is 0 Å². The number of benzene rings is 1. The van der Waals surface area contributed by atoms with Gasteiger partial charge >= 0.3 is 0 Å². The minimum Gasteiger partial charge on any atom is -0.506 e. The summed E-state index contributed by atoms with van der Waals surface area (Å²) in [6, 6.07) is 4.60. The quantitative estimate of drug-likeness (QED) is 0.771. The molecule has 1 rings (SSSR count). The van der Waals surface area contributed by atoms with E-state index in [1.807, 2.05) is 6.92 Å². The largest absolute Gasteiger partial charge is 0.506 e. The van der Waals surface area contributed by atoms with Gasteiger partial charge in [-0.2, -0.15) is 0 Å². The molecule has 0 saturated carbocycles. The molecule has 0 aliphatic carbocycles. The maximum atomic E-state index is 11.5. The number of hydrogen-bond donors (Lipinski definition) is 2. The van der Waals surface area contributed by atoms with Crippen molar-refractivity contribution in [2.75, 3.05) is 18.5 Å². The number of anilines is 1. The Morgan fingerprint density at radius 1 is 1.53 bits per heavy atom. The molecule has 2 N–H and O–H groups in total. The van der Waals surface area contributed by atoms with Gasteiger partial charge in [-0.05, 0) is 25.5 Å². The minimum atomic E-state index is -0.105. The van der Waals surface area contributed by atoms with Gasteiger partial charge in [-0.15, -0.1) is 0 Å². The van der Waals surface area contributed by atoms with E-state index in [9.17, 15) is 9.90 Å². The van der Waals surface area contributed by atoms with E-state index in [4.69, 9.17) is 16.3 Å². The fraction of sp³-hybridized carbons (Fsp3) is 0.417. The molecule has 4 nitrogen and oxygen atoms in total. The van der Waals surface area contributed by atoms with Crippen LogP contribution in [-0.4, -0.2) is 24.2 Å². The van der Waals surface area contributed by atoms with Crippen LogP contribution in [-0.2, 0) is 9.53 Å². The van der Waals surface area contributed by atoms with Crippen LogP contribution < -0.4 is 5.32 Å². The SMILES string of the molecule is CCOCCCC(=O)Nc1ccc(Cl)c(O)c1. The Labute approximate surface area is 106 Å². The normalized spacial score (nSPS) is 10.2. The predicted octanol–water partition coefficient (Wildman–Crippen LogP) is 2.80. The van der Waals surface area contributed by atoms with Gasteiger partial charge in [-0.1, -0.05) is 11.6 Å². The van der Waals surface area contributed by atoms with E-state index in [1.54, 1.807) is 6.07 Å². The van der Waals surface area contributed by atoms with Gasteiger partial charge in [-0.25, -0.2) is 0 Å². The summed E-state index contributed by atoms with van der Waals surface area (Å²) < 4.78 is 5.13. The summed E-state index contributed by atoms with van der Waals surface area (Å²) in [4.78, 5) is 11.5. The lowest BCUT2D eigenvalue weighted by Gasteiger charge is -2.06. The van der Waals surface area contributed by atoms with Crippen molar-refractivity contribution in [2.24, 2.45) is 0 Å². The smallest absolute Gasteiger partial charge is 0.224 e. The molecule has 0 fully saturated rings. The maximum absolute atomic E-state index is 11.5. The number of halogens is 1. The second-order valence-corrected chi connectivity index (χ2v) is 3.92. The second kappa shape index (κ2) is 7.14. The lowest BCUT2D eigenvalue weighted by atomic mass is 10.2. The van der Waals surface area contributed by atoms with Crippen molar-refractivity contribution in [2.45, 2.75) is 19.8 Å². The molecule has 5 heteroatoms. The predicted molar refractivity (Wildman–Crippen MR) is 67.5 cm³/mol. The zero-order valence-electron chi connectivity index (χ0n) is 9.70. The van der Waals surface area contributed by atoms with E-state index < -0.39 is 0 Å². The highest BCUT2D eigenvalue weighted by Gasteiger charge is 2.04. The van der Waals surface area contributed by atoms with Crippen LogP contribution in [0.4, 0.5) is 5.69 Å². The molecule has 0 saturated heterocycles. The number of nitrogens with one attached hydrogen (secondary N) is 1. The van der Waals surface area contributed by atoms with Gasteiger partial charge in [0.25, 0.3) is 0 Å². The fourth-order valence-electron chi connectivity index (χ4n) is 1.29. The highest BCUT2D eigenvalue weighted by atomic mass is 35.5. The Balaban J connectivity index is 2.37. The molecule has 0 atom stereocenters. The molecule has 0 radical (unpaired) electrons. The fourth-order valence-corrected chi connectivity index (χ4v) is 1.41. The molecule has 0 aliphatic rings. The van der Waals surface area contributed by atoms with E-state index in [0.29, 0.717) is 31.7 Å². The molecule has 0 heterocycles. The van der Waals surface area contributed by atoms with Crippen LogP contribution in [0.5, 0.6) is 5.75 Å². The standard InChI is InChI=1S/C12H16ClNO3/c1-2-17-7-3-4-12(16)14-9-5-6-10(13)11(15)8-9/h5-6,8,15H,2-4,7H2,1H3,(H,14,16). The molecule has 1 aromatic rings. The molecule has 17 heavy (non-hydrogen) atoms. The Kier molecular flexibility index (Phi) is 5.80. The van der Waals surface area contributed by atoms with Gasteiger partial charge in [0.1, 0.15) is 5.75 Å². The number of carbonyl (C=O) groups is 1. The third-order valence-electron chi connectivity index (χ3n) is 2.13. The Bertz CT molecular complexity index is 382. The number of hydrogen-bond acceptors (Lipinski definition) is 3. The monoisotopic (exact) mass is 257 g/mol. The number of ether oxygens (including phenoxy) is 1. The molecule has 0 aliphatic heterocycles. The van der Waals surface area contributed by atoms with Gasteiger partial charge in [0.15, 0.2) is 0 Å². The maximum Gasteiger partial charge on any atom is 0.224 e. The van der Waals surface area contributed by atoms with Crippen molar-refractivity contribution in [3.8, 4) is 5.75 Å². The van der Waals surface area contributed by atoms with Crippen LogP contribution >= 0.6 is 11.6 Å². The third-order valence-corrected chi connectivity index (χ3v) is 2.45. The molecule has 0 aromatic heterocycles. The van der Waals surface area contributed by atoms with Gasteiger partial charge in [0.2, 0.25) is 5.91 Å². The number of carbonyl (C=O) groups excluding carboxylic acids is 1. The van der Waals surface area contributed by atoms with Crippen LogP contribution in [0.2, 0.25) is 5.02 Å². The molecule has 0 bridgehead atoms. The molecular weight excluding hydrogens is 242 g/mol. The van der Waals surface area contributed by atoms with E-state index in [-0.39, 0.29) is 16.7 Å². The van der Waals surface area contributed by atoms with Gasteiger partial charge in [0.05, 0.1) is 5.02 Å². The topological polar surface area (TPSA) is 58.6 Å². The first kappa shape index (κ1) is 13.8. The van der Waals surface area contributed by atoms with Crippen molar-refractivity contribution < 1.29 is 14.6 Å². The number of aromatic hydroxyl groups is 1. The van der Waals surface area contributed by atoms with Crippen molar-refractivity contribution >= 4 is 23.2 Å². The van der Waals surface area contributed by atoms with E-state index in [0.717, 1.165) is 0 Å². The summed E-state index contributed by atoms with van der Waals surface area (Å²) >= 11 is 5.66. The number of amides is 1. The first-order valence-corrected chi connectivity index (χ1v) is 5.87. The zero-order valence-corrected chi connectivity index (χ0v) is 10.5. The first-order valence-electron chi connectivity index (χ1n) is 5.49. The van der Waals surface area contributed by atoms with Crippen molar-refractivity contribution in [3.05, 3.63) is 23.2 Å². The lowest BCUT2D eigenvalue weighted by Crippen LogP contribution is -2.12. The molecule has 0 unspecified atom stereocenters. The summed E-state index contributed by atoms with van der Waals surface area (Å²) in [7, 11) is 0. The summed E-state index contributed by atoms with van der Waals surface area (Å²) in [6.45, 7) is 3.15. The number of phenolic OH excluding ortho intramolecular Hbond substituents is 1. The molecule has 1 amide bonds. The van der Waals surface area contributed by atoms with E-state index in [1.165, 1.54) is 12.1 Å². The second-order valence-electron chi connectivity index (χ2n) is 3.51. The van der Waals surface area contributed by atoms with Crippen molar-refractivity contribution in [1.29, 1.82) is 0 Å². The number of rotatable bonds is 6. The van der Waals surface area contributed by atoms with Crippen LogP contribution in [0.3, 0.4) is 0 Å². The first-order chi connectivity index (χ1) is 8.13. The van der Waals surface area contributed by atoms with Gasteiger partial charge in [-0.3, -0.25) is 4.79 Å². The molecular formula is C12H16ClNO3. The Morgan fingerprint density at radius 3 is 2.94 bits per heavy atom. The molecule has 1 aromatic carbocycles. The van der Waals surface area contributed by atoms with E-state index >= 15 is 0 Å². The average Bonchev–Trinajstić information content (AvgIpc) is 2.30. The van der Waals surface area contributed by atoms with Crippen molar-refractivity contribution in [1.82, 2.24) is 0 Å². The third kappa shape index (κ3) is 5.06.